The molecule has 3 aromatic rings. The van der Waals surface area contributed by atoms with Gasteiger partial charge in [0, 0.05) is 18.0 Å². The van der Waals surface area contributed by atoms with Crippen molar-refractivity contribution in [2.24, 2.45) is 5.92 Å². The minimum Gasteiger partial charge on any atom is -0.497 e. The number of thiazole rings is 1. The van der Waals surface area contributed by atoms with E-state index in [0.717, 1.165) is 35.9 Å². The molecule has 44 heavy (non-hydrogen) atoms. The largest absolute Gasteiger partial charge is 0.497 e. The highest BCUT2D eigenvalue weighted by atomic mass is 32.1. The van der Waals surface area contributed by atoms with Crippen molar-refractivity contribution >= 4 is 45.0 Å². The number of fused-ring (bicyclic) bond motifs is 3. The van der Waals surface area contributed by atoms with Gasteiger partial charge in [0.05, 0.1) is 23.9 Å². The first kappa shape index (κ1) is 29.9. The number of methoxy groups -OCH3 is 1. The summed E-state index contributed by atoms with van der Waals surface area (Å²) in [4.78, 5) is 46.4. The van der Waals surface area contributed by atoms with Crippen molar-refractivity contribution in [3.8, 4) is 10.9 Å². The molecule has 6 rings (SSSR count). The van der Waals surface area contributed by atoms with E-state index in [0.29, 0.717) is 29.5 Å². The Morgan fingerprint density at radius 3 is 2.86 bits per heavy atom. The van der Waals surface area contributed by atoms with Crippen LogP contribution in [0.15, 0.2) is 54.6 Å². The lowest BCUT2D eigenvalue weighted by atomic mass is 10.0. The third-order valence-electron chi connectivity index (χ3n) is 8.63. The quantitative estimate of drug-likeness (QED) is 0.336. The lowest BCUT2D eigenvalue weighted by Gasteiger charge is -2.30. The molecular weight excluding hydrogens is 587 g/mol. The fraction of sp³-hybridized carbons (Fsp3) is 0.438. The number of aliphatic carboxylic acids is 1. The Labute approximate surface area is 258 Å². The molecule has 0 bridgehead atoms. The molecule has 1 saturated heterocycles. The molecule has 2 aliphatic heterocycles. The number of hydrogen-bond donors (Lipinski definition) is 3. The zero-order valence-electron chi connectivity index (χ0n) is 24.3. The van der Waals surface area contributed by atoms with Gasteiger partial charge in [0.15, 0.2) is 0 Å². The number of rotatable bonds is 6. The molecule has 2 fully saturated rings. The zero-order chi connectivity index (χ0) is 30.8. The van der Waals surface area contributed by atoms with Crippen LogP contribution in [-0.2, 0) is 14.4 Å². The maximum atomic E-state index is 14.2. The molecule has 12 heteroatoms. The summed E-state index contributed by atoms with van der Waals surface area (Å²) in [5.41, 5.74) is -0.192. The Kier molecular flexibility index (Phi) is 8.44. The van der Waals surface area contributed by atoms with Crippen molar-refractivity contribution in [2.75, 3.05) is 19.0 Å². The normalized spacial score (nSPS) is 27.5. The minimum absolute atomic E-state index is 0.112. The first-order chi connectivity index (χ1) is 21.3. The number of allylic oxidation sites excluding steroid dienone is 1. The Hall–Kier alpha value is -4.19. The number of anilines is 1. The van der Waals surface area contributed by atoms with Crippen LogP contribution in [0.25, 0.3) is 10.2 Å². The molecule has 1 saturated carbocycles. The topological polar surface area (TPSA) is 130 Å². The Morgan fingerprint density at radius 1 is 1.20 bits per heavy atom. The number of benzene rings is 2. The summed E-state index contributed by atoms with van der Waals surface area (Å²) in [7, 11) is 1.59. The maximum absolute atomic E-state index is 14.2. The second kappa shape index (κ2) is 12.4. The summed E-state index contributed by atoms with van der Waals surface area (Å²) in [5.74, 6) is -1.99. The number of hydrogen-bond acceptors (Lipinski definition) is 8. The van der Waals surface area contributed by atoms with E-state index in [2.05, 4.69) is 15.6 Å². The highest BCUT2D eigenvalue weighted by molar-refractivity contribution is 7.20. The van der Waals surface area contributed by atoms with Gasteiger partial charge in [-0.25, -0.2) is 14.2 Å². The number of halogens is 1. The number of carboxylic acid groups (broad SMARTS) is 1. The first-order valence-electron chi connectivity index (χ1n) is 14.9. The minimum atomic E-state index is -1.40. The average molecular weight is 623 g/mol. The van der Waals surface area contributed by atoms with Crippen LogP contribution < -0.4 is 20.1 Å². The van der Waals surface area contributed by atoms with Crippen molar-refractivity contribution in [1.29, 1.82) is 0 Å². The molecule has 0 spiro atoms. The molecule has 2 aromatic carbocycles. The summed E-state index contributed by atoms with van der Waals surface area (Å²) in [5, 5.41) is 16.4. The van der Waals surface area contributed by atoms with Gasteiger partial charge >= 0.3 is 5.97 Å². The van der Waals surface area contributed by atoms with Gasteiger partial charge in [-0.1, -0.05) is 42.4 Å². The van der Waals surface area contributed by atoms with Crippen LogP contribution in [-0.4, -0.2) is 70.2 Å². The molecule has 1 aliphatic carbocycles. The van der Waals surface area contributed by atoms with Gasteiger partial charge in [0.2, 0.25) is 11.8 Å². The van der Waals surface area contributed by atoms with E-state index < -0.39 is 41.4 Å². The van der Waals surface area contributed by atoms with E-state index in [1.54, 1.807) is 19.2 Å². The third kappa shape index (κ3) is 6.21. The van der Waals surface area contributed by atoms with Crippen LogP contribution in [0.2, 0.25) is 0 Å². The van der Waals surface area contributed by atoms with Crippen LogP contribution >= 0.6 is 11.3 Å². The van der Waals surface area contributed by atoms with Gasteiger partial charge in [-0.05, 0) is 62.1 Å². The number of aromatic nitrogens is 1. The molecule has 10 nitrogen and oxygen atoms in total. The van der Waals surface area contributed by atoms with E-state index in [-0.39, 0.29) is 24.8 Å². The van der Waals surface area contributed by atoms with Gasteiger partial charge < -0.3 is 30.1 Å². The number of carbonyl (C=O) groups is 3. The van der Waals surface area contributed by atoms with Gasteiger partial charge in [0.1, 0.15) is 35.3 Å². The predicted octanol–water partition coefficient (Wildman–Crippen LogP) is 4.75. The SMILES string of the molecule is COc1ccc2nc(O[C@@H]3C[C@H]4C(=O)N[C@]5(C(=O)O)C[C@H]5C=CCCCCC[C@H](Nc5cccc(F)c5)C(=O)N4C3)sc2c1. The molecule has 3 N–H and O–H groups in total. The fourth-order valence-corrected chi connectivity index (χ4v) is 7.04. The fourth-order valence-electron chi connectivity index (χ4n) is 6.13. The van der Waals surface area contributed by atoms with Crippen molar-refractivity contribution in [1.82, 2.24) is 15.2 Å². The van der Waals surface area contributed by atoms with Crippen LogP contribution in [0, 0.1) is 11.7 Å². The van der Waals surface area contributed by atoms with Gasteiger partial charge in [-0.2, -0.15) is 0 Å². The Morgan fingerprint density at radius 2 is 2.07 bits per heavy atom. The van der Waals surface area contributed by atoms with Crippen molar-refractivity contribution in [3.63, 3.8) is 0 Å². The zero-order valence-corrected chi connectivity index (χ0v) is 25.1. The lowest BCUT2D eigenvalue weighted by molar-refractivity contribution is -0.145. The first-order valence-corrected chi connectivity index (χ1v) is 15.7. The Bertz CT molecular complexity index is 1600. The predicted molar refractivity (Wildman–Crippen MR) is 163 cm³/mol. The summed E-state index contributed by atoms with van der Waals surface area (Å²) < 4.78 is 26.4. The van der Waals surface area contributed by atoms with Crippen molar-refractivity contribution in [2.45, 2.75) is 68.7 Å². The third-order valence-corrected chi connectivity index (χ3v) is 9.54. The monoisotopic (exact) mass is 622 g/mol. The smallest absolute Gasteiger partial charge is 0.330 e. The van der Waals surface area contributed by atoms with Crippen molar-refractivity contribution < 1.29 is 33.4 Å². The molecule has 0 unspecified atom stereocenters. The van der Waals surface area contributed by atoms with Crippen LogP contribution in [0.5, 0.6) is 10.9 Å². The van der Waals surface area contributed by atoms with Gasteiger partial charge in [0.25, 0.3) is 5.19 Å². The average Bonchev–Trinajstić information content (AvgIpc) is 3.31. The number of carbonyl (C=O) groups excluding carboxylic acids is 2. The number of amides is 2. The Balaban J connectivity index is 1.29. The highest BCUT2D eigenvalue weighted by Gasteiger charge is 2.61. The molecule has 5 atom stereocenters. The number of nitrogens with zero attached hydrogens (tertiary/aromatic N) is 2. The molecule has 232 valence electrons. The van der Waals surface area contributed by atoms with E-state index in [1.165, 1.54) is 28.4 Å². The summed E-state index contributed by atoms with van der Waals surface area (Å²) in [6.07, 6.45) is 7.52. The van der Waals surface area contributed by atoms with Crippen molar-refractivity contribution in [3.05, 3.63) is 60.4 Å². The summed E-state index contributed by atoms with van der Waals surface area (Å²) in [6, 6.07) is 9.77. The van der Waals surface area contributed by atoms with Gasteiger partial charge in [-0.3, -0.25) is 9.59 Å². The van der Waals surface area contributed by atoms with Crippen LogP contribution in [0.4, 0.5) is 10.1 Å². The second-order valence-corrected chi connectivity index (χ2v) is 12.6. The number of ether oxygens (including phenoxy) is 2. The highest BCUT2D eigenvalue weighted by Crippen LogP contribution is 2.45. The second-order valence-electron chi connectivity index (χ2n) is 11.6. The van der Waals surface area contributed by atoms with E-state index in [1.807, 2.05) is 30.4 Å². The maximum Gasteiger partial charge on any atom is 0.330 e. The van der Waals surface area contributed by atoms with E-state index in [4.69, 9.17) is 9.47 Å². The number of nitrogens with one attached hydrogen (secondary N) is 2. The van der Waals surface area contributed by atoms with E-state index >= 15 is 0 Å². The summed E-state index contributed by atoms with van der Waals surface area (Å²) in [6.45, 7) is 0.112. The molecule has 2 amide bonds. The van der Waals surface area contributed by atoms with Crippen LogP contribution in [0.3, 0.4) is 0 Å². The molecule has 3 heterocycles. The summed E-state index contributed by atoms with van der Waals surface area (Å²) >= 11 is 1.34. The van der Waals surface area contributed by atoms with E-state index in [9.17, 15) is 23.9 Å². The number of carboxylic acids is 1. The van der Waals surface area contributed by atoms with Gasteiger partial charge in [-0.15, -0.1) is 0 Å². The molecule has 3 aliphatic rings. The lowest BCUT2D eigenvalue weighted by Crippen LogP contribution is -2.55. The molecular formula is C32H35FN4O6S. The van der Waals surface area contributed by atoms with Crippen LogP contribution in [0.1, 0.15) is 44.9 Å². The molecule has 1 aromatic heterocycles. The molecule has 0 radical (unpaired) electrons. The standard InChI is InChI=1S/C32H35FN4O6S/c1-42-22-12-13-24-27(16-22)44-31(35-24)43-23-15-26-28(38)36-32(30(40)41)17-19(32)8-5-3-2-4-6-11-25(29(39)37(26)18-23)34-21-10-7-9-20(33)14-21/h5,7-10,12-14,16,19,23,25-26,34H,2-4,6,11,15,17-18H2,1H3,(H,36,38)(H,40,41)/t19-,23-,25+,26+,32-/m1/s1.